The number of carbonyl (C=O) groups is 2. The average Bonchev–Trinajstić information content (AvgIpc) is 2.81. The number of ether oxygens (including phenoxy) is 1. The molecule has 9 nitrogen and oxygen atoms in total. The zero-order valence-corrected chi connectivity index (χ0v) is 23.7. The molecule has 0 saturated heterocycles. The highest BCUT2D eigenvalue weighted by Crippen LogP contribution is 2.20. The molecule has 2 aromatic rings. The van der Waals surface area contributed by atoms with Crippen molar-refractivity contribution in [2.45, 2.75) is 66.2 Å². The first-order valence-corrected chi connectivity index (χ1v) is 14.6. The number of carbonyl (C=O) groups excluding carboxylic acids is 2. The van der Waals surface area contributed by atoms with Crippen LogP contribution < -0.4 is 16.2 Å². The Balaban J connectivity index is 2.32. The average molecular weight is 546 g/mol. The molecule has 2 atom stereocenters. The second kappa shape index (κ2) is 13.9. The summed E-state index contributed by atoms with van der Waals surface area (Å²) in [5, 5.41) is 6.50. The maximum absolute atomic E-state index is 13.5. The van der Waals surface area contributed by atoms with Crippen LogP contribution in [0.4, 0.5) is 10.5 Å². The Labute approximate surface area is 225 Å². The Morgan fingerprint density at radius 2 is 1.68 bits per heavy atom. The van der Waals surface area contributed by atoms with Crippen LogP contribution in [0, 0.1) is 18.8 Å². The summed E-state index contributed by atoms with van der Waals surface area (Å²) in [6, 6.07) is 9.29. The number of hydrogen-bond donors (Lipinski definition) is 2. The van der Waals surface area contributed by atoms with Crippen LogP contribution in [0.25, 0.3) is 0 Å². The fraction of sp³-hybridized carbons (Fsp3) is 0.464. The van der Waals surface area contributed by atoms with E-state index in [0.717, 1.165) is 17.2 Å². The van der Waals surface area contributed by atoms with E-state index in [1.54, 1.807) is 13.1 Å². The van der Waals surface area contributed by atoms with Crippen molar-refractivity contribution in [1.82, 2.24) is 9.88 Å². The molecule has 1 aromatic carbocycles. The molecule has 208 valence electrons. The second-order valence-corrected chi connectivity index (χ2v) is 12.3. The number of hydrogen-bond acceptors (Lipinski definition) is 6. The summed E-state index contributed by atoms with van der Waals surface area (Å²) in [7, 11) is -3.37. The number of amides is 2. The van der Waals surface area contributed by atoms with Gasteiger partial charge in [-0.1, -0.05) is 64.1 Å². The van der Waals surface area contributed by atoms with E-state index in [1.165, 1.54) is 16.7 Å². The lowest BCUT2D eigenvalue weighted by molar-refractivity contribution is -0.125. The van der Waals surface area contributed by atoms with Crippen molar-refractivity contribution in [3.05, 3.63) is 75.6 Å². The fourth-order valence-electron chi connectivity index (χ4n) is 3.94. The Morgan fingerprint density at radius 1 is 1.05 bits per heavy atom. The molecule has 0 saturated carbocycles. The quantitative estimate of drug-likeness (QED) is 0.402. The van der Waals surface area contributed by atoms with Crippen LogP contribution in [-0.4, -0.2) is 37.3 Å². The number of rotatable bonds is 12. The van der Waals surface area contributed by atoms with Gasteiger partial charge in [0, 0.05) is 23.9 Å². The molecular formula is C28H39N3O6S. The lowest BCUT2D eigenvalue weighted by Gasteiger charge is -2.25. The van der Waals surface area contributed by atoms with E-state index < -0.39 is 39.5 Å². The van der Waals surface area contributed by atoms with Crippen LogP contribution in [0.15, 0.2) is 58.9 Å². The van der Waals surface area contributed by atoms with E-state index in [-0.39, 0.29) is 24.1 Å². The molecule has 10 heteroatoms. The van der Waals surface area contributed by atoms with E-state index in [0.29, 0.717) is 18.4 Å². The number of pyridine rings is 1. The summed E-state index contributed by atoms with van der Waals surface area (Å²) in [5.74, 6) is -0.152. The molecule has 0 bridgehead atoms. The maximum Gasteiger partial charge on any atom is 0.412 e. The highest BCUT2D eigenvalue weighted by Gasteiger charge is 2.26. The Bertz CT molecular complexity index is 1280. The molecular weight excluding hydrogens is 506 g/mol. The zero-order valence-electron chi connectivity index (χ0n) is 22.9. The number of benzene rings is 1. The molecule has 0 aliphatic carbocycles. The molecule has 2 rings (SSSR count). The number of anilines is 1. The van der Waals surface area contributed by atoms with Crippen molar-refractivity contribution in [3.8, 4) is 0 Å². The van der Waals surface area contributed by atoms with Gasteiger partial charge in [0.25, 0.3) is 5.56 Å². The van der Waals surface area contributed by atoms with E-state index in [1.807, 2.05) is 58.0 Å². The summed E-state index contributed by atoms with van der Waals surface area (Å²) >= 11 is 0. The van der Waals surface area contributed by atoms with Crippen LogP contribution in [0.3, 0.4) is 0 Å². The molecule has 2 N–H and O–H groups in total. The molecule has 0 fully saturated rings. The number of aryl methyl sites for hydroxylation is 1. The molecule has 1 aromatic heterocycles. The largest absolute Gasteiger partial charge is 0.444 e. The zero-order chi connectivity index (χ0) is 28.5. The predicted octanol–water partition coefficient (Wildman–Crippen LogP) is 4.58. The van der Waals surface area contributed by atoms with E-state index in [4.69, 9.17) is 4.74 Å². The predicted molar refractivity (Wildman–Crippen MR) is 150 cm³/mol. The van der Waals surface area contributed by atoms with E-state index >= 15 is 0 Å². The minimum Gasteiger partial charge on any atom is -0.444 e. The van der Waals surface area contributed by atoms with Crippen molar-refractivity contribution >= 4 is 27.5 Å². The van der Waals surface area contributed by atoms with Gasteiger partial charge in [-0.05, 0) is 48.8 Å². The normalized spacial score (nSPS) is 13.5. The highest BCUT2D eigenvalue weighted by molar-refractivity contribution is 7.93. The first-order valence-electron chi connectivity index (χ1n) is 12.6. The number of aromatic nitrogens is 1. The molecule has 0 spiro atoms. The molecule has 0 aliphatic heterocycles. The van der Waals surface area contributed by atoms with Crippen LogP contribution in [0.2, 0.25) is 0 Å². The van der Waals surface area contributed by atoms with Crippen molar-refractivity contribution in [2.24, 2.45) is 11.8 Å². The molecule has 0 radical (unpaired) electrons. The van der Waals surface area contributed by atoms with Gasteiger partial charge >= 0.3 is 6.09 Å². The second-order valence-electron chi connectivity index (χ2n) is 10.4. The molecule has 2 amide bonds. The van der Waals surface area contributed by atoms with Crippen LogP contribution >= 0.6 is 0 Å². The summed E-state index contributed by atoms with van der Waals surface area (Å²) in [4.78, 5) is 39.3. The standard InChI is InChI=1S/C28H39N3O6S/c1-19(2)14-23(12-13-38(6,35)36)29-26(32)25(15-20(3)4)31-17-21(5)16-24(27(31)33)30-28(34)37-18-22-10-8-7-9-11-22/h7-13,16-17,19-20,23,25H,14-15,18H2,1-6H3,(H,29,32)(H,30,34)/b13-12+/t23-,25+/m1/s1. The van der Waals surface area contributed by atoms with E-state index in [2.05, 4.69) is 10.6 Å². The third-order valence-corrected chi connectivity index (χ3v) is 6.22. The molecule has 38 heavy (non-hydrogen) atoms. The van der Waals surface area contributed by atoms with Crippen molar-refractivity contribution in [3.63, 3.8) is 0 Å². The van der Waals surface area contributed by atoms with Crippen molar-refractivity contribution < 1.29 is 22.7 Å². The van der Waals surface area contributed by atoms with Gasteiger partial charge in [-0.25, -0.2) is 13.2 Å². The van der Waals surface area contributed by atoms with Gasteiger partial charge in [-0.2, -0.15) is 0 Å². The van der Waals surface area contributed by atoms with Gasteiger partial charge in [0.1, 0.15) is 18.3 Å². The third kappa shape index (κ3) is 10.5. The lowest BCUT2D eigenvalue weighted by atomic mass is 10.00. The van der Waals surface area contributed by atoms with Gasteiger partial charge in [-0.3, -0.25) is 14.9 Å². The SMILES string of the molecule is Cc1cc(NC(=O)OCc2ccccc2)c(=O)n([C@@H](CC(C)C)C(=O)N[C@H](/C=C/S(C)(=O)=O)CC(C)C)c1. The first-order chi connectivity index (χ1) is 17.7. The maximum atomic E-state index is 13.5. The van der Waals surface area contributed by atoms with Crippen LogP contribution in [0.5, 0.6) is 0 Å². The summed E-state index contributed by atoms with van der Waals surface area (Å²) in [6.45, 7) is 9.63. The number of nitrogens with zero attached hydrogens (tertiary/aromatic N) is 1. The van der Waals surface area contributed by atoms with Crippen LogP contribution in [-0.2, 0) is 26.0 Å². The highest BCUT2D eigenvalue weighted by atomic mass is 32.2. The van der Waals surface area contributed by atoms with Crippen LogP contribution in [0.1, 0.15) is 57.7 Å². The van der Waals surface area contributed by atoms with Gasteiger partial charge in [0.15, 0.2) is 9.84 Å². The number of nitrogens with one attached hydrogen (secondary N) is 2. The van der Waals surface area contributed by atoms with Crippen molar-refractivity contribution in [1.29, 1.82) is 0 Å². The topological polar surface area (TPSA) is 124 Å². The van der Waals surface area contributed by atoms with Gasteiger partial charge < -0.3 is 14.6 Å². The van der Waals surface area contributed by atoms with Crippen molar-refractivity contribution in [2.75, 3.05) is 11.6 Å². The minimum atomic E-state index is -3.37. The first kappa shape index (κ1) is 30.8. The number of sulfone groups is 1. The summed E-state index contributed by atoms with van der Waals surface area (Å²) < 4.78 is 29.9. The van der Waals surface area contributed by atoms with Gasteiger partial charge in [0.05, 0.1) is 0 Å². The fourth-order valence-corrected chi connectivity index (χ4v) is 4.41. The molecule has 1 heterocycles. The minimum absolute atomic E-state index is 0.000297. The Hall–Kier alpha value is -3.40. The van der Waals surface area contributed by atoms with E-state index in [9.17, 15) is 22.8 Å². The lowest BCUT2D eigenvalue weighted by Crippen LogP contribution is -2.43. The molecule has 0 unspecified atom stereocenters. The van der Waals surface area contributed by atoms with Gasteiger partial charge in [0.2, 0.25) is 5.91 Å². The Morgan fingerprint density at radius 3 is 2.26 bits per heavy atom. The smallest absolute Gasteiger partial charge is 0.412 e. The third-order valence-electron chi connectivity index (χ3n) is 5.57. The summed E-state index contributed by atoms with van der Waals surface area (Å²) in [5.41, 5.74) is 0.930. The summed E-state index contributed by atoms with van der Waals surface area (Å²) in [6.07, 6.45) is 4.24. The monoisotopic (exact) mass is 545 g/mol. The Kier molecular flexibility index (Phi) is 11.3. The molecule has 0 aliphatic rings. The van der Waals surface area contributed by atoms with Gasteiger partial charge in [-0.15, -0.1) is 0 Å².